The van der Waals surface area contributed by atoms with Gasteiger partial charge in [0.1, 0.15) is 0 Å². The average Bonchev–Trinajstić information content (AvgIpc) is 3.41. The van der Waals surface area contributed by atoms with Crippen LogP contribution < -0.4 is 9.47 Å². The molecule has 1 aromatic carbocycles. The van der Waals surface area contributed by atoms with Gasteiger partial charge in [-0.25, -0.2) is 9.59 Å². The van der Waals surface area contributed by atoms with Crippen LogP contribution in [0.1, 0.15) is 31.9 Å². The van der Waals surface area contributed by atoms with E-state index < -0.39 is 43.6 Å². The zero-order valence-corrected chi connectivity index (χ0v) is 21.3. The number of nitrogens with zero attached hydrogens (tertiary/aromatic N) is 3. The fourth-order valence-corrected chi connectivity index (χ4v) is 6.84. The molecule has 0 spiro atoms. The fourth-order valence-electron chi connectivity index (χ4n) is 4.78. The maximum Gasteiger partial charge on any atom is 0.369 e. The van der Waals surface area contributed by atoms with E-state index in [9.17, 15) is 24.4 Å². The Morgan fingerprint density at radius 2 is 1.71 bits per heavy atom. The molecule has 4 atom stereocenters. The van der Waals surface area contributed by atoms with Crippen LogP contribution in [-0.2, 0) is 19.1 Å². The van der Waals surface area contributed by atoms with Gasteiger partial charge in [-0.15, -0.1) is 0 Å². The number of fused-ring (bicyclic) bond motifs is 2. The topological polar surface area (TPSA) is 135 Å². The Balaban J connectivity index is 1.94. The first-order chi connectivity index (χ1) is 16.5. The maximum atomic E-state index is 14.2. The van der Waals surface area contributed by atoms with Crippen LogP contribution in [0.2, 0.25) is 0 Å². The Hall–Kier alpha value is -3.11. The van der Waals surface area contributed by atoms with E-state index in [1.165, 1.54) is 33.1 Å². The Kier molecular flexibility index (Phi) is 6.09. The van der Waals surface area contributed by atoms with Gasteiger partial charge >= 0.3 is 10.6 Å². The van der Waals surface area contributed by atoms with E-state index in [2.05, 4.69) is 6.07 Å². The highest BCUT2D eigenvalue weighted by Gasteiger charge is 2.72. The summed E-state index contributed by atoms with van der Waals surface area (Å²) >= 11 is 1.08. The van der Waals surface area contributed by atoms with Crippen LogP contribution in [0.3, 0.4) is 0 Å². The number of nitriles is 1. The van der Waals surface area contributed by atoms with Gasteiger partial charge in [0, 0.05) is 13.5 Å². The zero-order chi connectivity index (χ0) is 25.8. The number of thioether (sulfide) groups is 2. The number of rotatable bonds is 3. The highest BCUT2D eigenvalue weighted by atomic mass is 32.2. The molecule has 3 aliphatic heterocycles. The quantitative estimate of drug-likeness (QED) is 0.543. The van der Waals surface area contributed by atoms with Crippen molar-refractivity contribution in [2.75, 3.05) is 28.1 Å². The van der Waals surface area contributed by atoms with Crippen LogP contribution in [0.4, 0.5) is 9.59 Å². The summed E-state index contributed by atoms with van der Waals surface area (Å²) in [4.78, 5) is 51.8. The highest BCUT2D eigenvalue weighted by Crippen LogP contribution is 2.62. The van der Waals surface area contributed by atoms with Crippen molar-refractivity contribution in [1.29, 1.82) is 5.26 Å². The number of hydrogen-bond donors (Lipinski definition) is 0. The van der Waals surface area contributed by atoms with Gasteiger partial charge in [-0.1, -0.05) is 6.07 Å². The number of amides is 2. The summed E-state index contributed by atoms with van der Waals surface area (Å²) in [6, 6.07) is 6.31. The Morgan fingerprint density at radius 1 is 1.09 bits per heavy atom. The highest BCUT2D eigenvalue weighted by molar-refractivity contribution is 8.15. The number of likely N-dealkylation sites (N-methyl/N-ethyl adjacent to an activating group) is 1. The van der Waals surface area contributed by atoms with Gasteiger partial charge in [-0.2, -0.15) is 5.26 Å². The molecule has 0 aliphatic carbocycles. The summed E-state index contributed by atoms with van der Waals surface area (Å²) in [6.07, 6.45) is -0.150. The van der Waals surface area contributed by atoms with Crippen LogP contribution >= 0.6 is 23.5 Å². The minimum Gasteiger partial charge on any atom is -0.461 e. The monoisotopic (exact) mass is 521 g/mol. The third-order valence-corrected chi connectivity index (χ3v) is 8.95. The molecule has 3 heterocycles. The SMILES string of the molecule is COC(=O)SC12C[C@](C)(C#N)[C@H](c3ccc4c(c3)OCO4)N1C(=O)[C@](C)(SC(=O)OC)N(C)C2=O. The third-order valence-electron chi connectivity index (χ3n) is 6.59. The lowest BCUT2D eigenvalue weighted by molar-refractivity contribution is -0.163. The van der Waals surface area contributed by atoms with E-state index in [0.717, 1.165) is 4.90 Å². The number of piperazine rings is 1. The molecule has 2 fully saturated rings. The van der Waals surface area contributed by atoms with Crippen LogP contribution in [0, 0.1) is 16.7 Å². The first kappa shape index (κ1) is 25.0. The molecular formula is C22H23N3O8S2. The molecule has 0 N–H and O–H groups in total. The minimum atomic E-state index is -1.78. The predicted molar refractivity (Wildman–Crippen MR) is 124 cm³/mol. The largest absolute Gasteiger partial charge is 0.461 e. The molecule has 1 aromatic rings. The lowest BCUT2D eigenvalue weighted by atomic mass is 9.79. The number of carbonyl (C=O) groups excluding carboxylic acids is 4. The Bertz CT molecular complexity index is 1170. The van der Waals surface area contributed by atoms with E-state index in [4.69, 9.17) is 18.9 Å². The van der Waals surface area contributed by atoms with Gasteiger partial charge in [0.15, 0.2) is 21.2 Å². The normalized spacial score (nSPS) is 31.1. The van der Waals surface area contributed by atoms with Crippen molar-refractivity contribution < 1.29 is 38.1 Å². The molecule has 35 heavy (non-hydrogen) atoms. The lowest BCUT2D eigenvalue weighted by Crippen LogP contribution is -2.71. The molecule has 3 aliphatic rings. The van der Waals surface area contributed by atoms with Crippen molar-refractivity contribution in [3.8, 4) is 17.6 Å². The molecule has 11 nitrogen and oxygen atoms in total. The smallest absolute Gasteiger partial charge is 0.369 e. The van der Waals surface area contributed by atoms with E-state index in [1.807, 2.05) is 0 Å². The Labute approximate surface area is 210 Å². The lowest BCUT2D eigenvalue weighted by Gasteiger charge is -2.52. The van der Waals surface area contributed by atoms with Gasteiger partial charge in [0.2, 0.25) is 6.79 Å². The van der Waals surface area contributed by atoms with E-state index >= 15 is 0 Å². The average molecular weight is 522 g/mol. The second kappa shape index (κ2) is 8.53. The van der Waals surface area contributed by atoms with Crippen molar-refractivity contribution >= 4 is 45.9 Å². The molecule has 13 heteroatoms. The molecular weight excluding hydrogens is 498 g/mol. The molecule has 0 saturated carbocycles. The van der Waals surface area contributed by atoms with Crippen LogP contribution in [0.5, 0.6) is 11.5 Å². The molecule has 4 rings (SSSR count). The van der Waals surface area contributed by atoms with Gasteiger partial charge in [0.25, 0.3) is 11.8 Å². The van der Waals surface area contributed by atoms with Gasteiger partial charge < -0.3 is 28.7 Å². The number of carbonyl (C=O) groups is 4. The summed E-state index contributed by atoms with van der Waals surface area (Å²) in [5.74, 6) is -0.308. The van der Waals surface area contributed by atoms with Gasteiger partial charge in [0.05, 0.1) is 31.7 Å². The van der Waals surface area contributed by atoms with Crippen LogP contribution in [0.15, 0.2) is 18.2 Å². The second-order valence-electron chi connectivity index (χ2n) is 8.64. The standard InChI is InChI=1S/C22H23N3O8S2/c1-20(10-23)9-22(35-19(29)31-5)17(27)24(3)21(2,34-18(28)30-4)16(26)25(22)15(20)12-6-7-13-14(8-12)33-11-32-13/h6-8,15H,9,11H2,1-5H3/t15-,20+,21-,22?/m0/s1. The fraction of sp³-hybridized carbons (Fsp3) is 0.500. The van der Waals surface area contributed by atoms with E-state index in [-0.39, 0.29) is 13.2 Å². The Morgan fingerprint density at radius 3 is 2.34 bits per heavy atom. The maximum absolute atomic E-state index is 14.2. The molecule has 0 radical (unpaired) electrons. The molecule has 2 amide bonds. The molecule has 1 unspecified atom stereocenters. The minimum absolute atomic E-state index is 0.0286. The van der Waals surface area contributed by atoms with Crippen LogP contribution in [-0.4, -0.2) is 70.0 Å². The molecule has 0 aromatic heterocycles. The first-order valence-electron chi connectivity index (χ1n) is 10.4. The zero-order valence-electron chi connectivity index (χ0n) is 19.6. The predicted octanol–water partition coefficient (Wildman–Crippen LogP) is 3.10. The van der Waals surface area contributed by atoms with E-state index in [0.29, 0.717) is 40.6 Å². The number of ether oxygens (including phenoxy) is 4. The van der Waals surface area contributed by atoms with Crippen molar-refractivity contribution in [2.24, 2.45) is 5.41 Å². The van der Waals surface area contributed by atoms with Crippen molar-refractivity contribution in [2.45, 2.75) is 36.1 Å². The number of benzene rings is 1. The van der Waals surface area contributed by atoms with Crippen LogP contribution in [0.25, 0.3) is 0 Å². The van der Waals surface area contributed by atoms with Crippen molar-refractivity contribution in [1.82, 2.24) is 9.80 Å². The molecule has 186 valence electrons. The summed E-state index contributed by atoms with van der Waals surface area (Å²) < 4.78 is 20.4. The second-order valence-corrected chi connectivity index (χ2v) is 11.2. The molecule has 0 bridgehead atoms. The summed E-state index contributed by atoms with van der Waals surface area (Å²) in [7, 11) is 3.72. The van der Waals surface area contributed by atoms with Gasteiger partial charge in [-0.05, 0) is 55.1 Å². The van der Waals surface area contributed by atoms with E-state index in [1.54, 1.807) is 25.1 Å². The summed E-state index contributed by atoms with van der Waals surface area (Å²) in [5, 5.41) is 8.72. The van der Waals surface area contributed by atoms with Gasteiger partial charge in [-0.3, -0.25) is 9.59 Å². The van der Waals surface area contributed by atoms with Crippen molar-refractivity contribution in [3.05, 3.63) is 23.8 Å². The molecule has 2 saturated heterocycles. The number of hydrogen-bond acceptors (Lipinski definition) is 11. The number of methoxy groups -OCH3 is 2. The summed E-state index contributed by atoms with van der Waals surface area (Å²) in [6.45, 7) is 3.09. The first-order valence-corrected chi connectivity index (χ1v) is 12.1. The third kappa shape index (κ3) is 3.58. The van der Waals surface area contributed by atoms with Crippen molar-refractivity contribution in [3.63, 3.8) is 0 Å². The summed E-state index contributed by atoms with van der Waals surface area (Å²) in [5.41, 5.74) is -0.774.